The van der Waals surface area contributed by atoms with Gasteiger partial charge < -0.3 is 14.6 Å². The van der Waals surface area contributed by atoms with Crippen LogP contribution in [0.4, 0.5) is 0 Å². The van der Waals surface area contributed by atoms with E-state index in [-0.39, 0.29) is 0 Å². The maximum Gasteiger partial charge on any atom is 0.328 e. The molecule has 0 aromatic heterocycles. The minimum atomic E-state index is -0.998. The molecule has 0 spiro atoms. The molecule has 5 heteroatoms. The van der Waals surface area contributed by atoms with Crippen molar-refractivity contribution < 1.29 is 19.4 Å². The van der Waals surface area contributed by atoms with Gasteiger partial charge in [-0.25, -0.2) is 4.79 Å². The zero-order valence-corrected chi connectivity index (χ0v) is 11.5. The van der Waals surface area contributed by atoms with Gasteiger partial charge in [0.25, 0.3) is 0 Å². The summed E-state index contributed by atoms with van der Waals surface area (Å²) in [5, 5.41) is 8.57. The first-order chi connectivity index (χ1) is 9.06. The molecule has 4 nitrogen and oxygen atoms in total. The van der Waals surface area contributed by atoms with E-state index in [1.54, 1.807) is 18.2 Å². The van der Waals surface area contributed by atoms with Crippen molar-refractivity contribution in [2.75, 3.05) is 13.7 Å². The normalized spacial score (nSPS) is 11.6. The predicted molar refractivity (Wildman–Crippen MR) is 74.8 cm³/mol. The molecule has 1 rings (SSSR count). The molecule has 0 aliphatic rings. The molecule has 1 aromatic carbocycles. The number of halogens is 1. The molecule has 0 saturated heterocycles. The Morgan fingerprint density at radius 2 is 2.16 bits per heavy atom. The Hall–Kier alpha value is -1.94. The molecule has 0 fully saturated rings. The minimum absolute atomic E-state index is 0.365. The van der Waals surface area contributed by atoms with Crippen LogP contribution in [0.25, 0.3) is 6.08 Å². The van der Waals surface area contributed by atoms with E-state index in [4.69, 9.17) is 26.2 Å². The van der Waals surface area contributed by atoms with Crippen molar-refractivity contribution in [2.45, 2.75) is 6.92 Å². The second-order valence-corrected chi connectivity index (χ2v) is 4.04. The van der Waals surface area contributed by atoms with Crippen LogP contribution in [-0.2, 0) is 4.79 Å². The number of ether oxygens (including phenoxy) is 2. The van der Waals surface area contributed by atoms with Gasteiger partial charge in [-0.05, 0) is 36.3 Å². The summed E-state index contributed by atoms with van der Waals surface area (Å²) in [6, 6.07) is 5.17. The third kappa shape index (κ3) is 5.06. The molecule has 0 atom stereocenters. The number of carboxylic acid groups (broad SMARTS) is 1. The summed E-state index contributed by atoms with van der Waals surface area (Å²) in [5.74, 6) is 0.116. The van der Waals surface area contributed by atoms with E-state index < -0.39 is 5.97 Å². The Labute approximate surface area is 116 Å². The fourth-order valence-corrected chi connectivity index (χ4v) is 1.36. The number of benzene rings is 1. The summed E-state index contributed by atoms with van der Waals surface area (Å²) in [4.78, 5) is 10.4. The highest BCUT2D eigenvalue weighted by Crippen LogP contribution is 2.28. The first-order valence-electron chi connectivity index (χ1n) is 5.54. The first kappa shape index (κ1) is 15.1. The molecule has 0 heterocycles. The van der Waals surface area contributed by atoms with Crippen molar-refractivity contribution in [1.82, 2.24) is 0 Å². The number of hydrogen-bond acceptors (Lipinski definition) is 3. The van der Waals surface area contributed by atoms with E-state index in [0.717, 1.165) is 17.2 Å². The van der Waals surface area contributed by atoms with E-state index in [1.807, 2.05) is 6.92 Å². The highest BCUT2D eigenvalue weighted by molar-refractivity contribution is 6.25. The summed E-state index contributed by atoms with van der Waals surface area (Å²) < 4.78 is 10.7. The molecule has 0 amide bonds. The molecule has 0 bridgehead atoms. The summed E-state index contributed by atoms with van der Waals surface area (Å²) in [6.45, 7) is 2.22. The third-order valence-electron chi connectivity index (χ3n) is 2.25. The quantitative estimate of drug-likeness (QED) is 0.813. The smallest absolute Gasteiger partial charge is 0.328 e. The van der Waals surface area contributed by atoms with Gasteiger partial charge >= 0.3 is 5.97 Å². The largest absolute Gasteiger partial charge is 0.493 e. The van der Waals surface area contributed by atoms with Gasteiger partial charge in [-0.3, -0.25) is 0 Å². The fourth-order valence-electron chi connectivity index (χ4n) is 1.30. The number of carbonyl (C=O) groups is 1. The predicted octanol–water partition coefficient (Wildman–Crippen LogP) is 3.31. The van der Waals surface area contributed by atoms with E-state index in [2.05, 4.69) is 0 Å². The van der Waals surface area contributed by atoms with E-state index in [9.17, 15) is 4.79 Å². The number of methoxy groups -OCH3 is 1. The van der Waals surface area contributed by atoms with Crippen LogP contribution in [0.15, 0.2) is 35.4 Å². The Balaban J connectivity index is 2.87. The zero-order valence-electron chi connectivity index (χ0n) is 10.7. The third-order valence-corrected chi connectivity index (χ3v) is 2.62. The van der Waals surface area contributed by atoms with Gasteiger partial charge in [0.15, 0.2) is 11.5 Å². The van der Waals surface area contributed by atoms with Crippen LogP contribution in [0.3, 0.4) is 0 Å². The molecule has 0 aliphatic heterocycles. The van der Waals surface area contributed by atoms with Crippen LogP contribution in [0.1, 0.15) is 12.5 Å². The molecule has 0 aliphatic carbocycles. The summed E-state index contributed by atoms with van der Waals surface area (Å²) in [5.41, 5.74) is 3.06. The second kappa shape index (κ2) is 7.48. The van der Waals surface area contributed by atoms with Crippen molar-refractivity contribution >= 4 is 23.6 Å². The first-order valence-corrected chi connectivity index (χ1v) is 5.98. The highest BCUT2D eigenvalue weighted by atomic mass is 35.5. The lowest BCUT2D eigenvalue weighted by Gasteiger charge is -2.11. The van der Waals surface area contributed by atoms with Crippen LogP contribution in [0.5, 0.6) is 11.5 Å². The average molecular weight is 283 g/mol. The molecule has 0 radical (unpaired) electrons. The summed E-state index contributed by atoms with van der Waals surface area (Å²) >= 11 is 5.55. The zero-order chi connectivity index (χ0) is 14.3. The van der Waals surface area contributed by atoms with Crippen LogP contribution >= 0.6 is 11.6 Å². The number of carboxylic acids is 1. The Kier molecular flexibility index (Phi) is 5.96. The van der Waals surface area contributed by atoms with Crippen LogP contribution in [0.2, 0.25) is 0 Å². The summed E-state index contributed by atoms with van der Waals surface area (Å²) in [6.07, 6.45) is 2.55. The van der Waals surface area contributed by atoms with Crippen LogP contribution in [0, 0.1) is 0 Å². The Bertz CT molecular complexity index is 506. The molecule has 1 N–H and O–H groups in total. The van der Waals surface area contributed by atoms with Crippen molar-refractivity contribution in [1.29, 1.82) is 0 Å². The van der Waals surface area contributed by atoms with Gasteiger partial charge in [0.1, 0.15) is 6.61 Å². The molecule has 102 valence electrons. The van der Waals surface area contributed by atoms with Crippen LogP contribution < -0.4 is 9.47 Å². The molecular formula is C14H15ClO4. The highest BCUT2D eigenvalue weighted by Gasteiger charge is 2.05. The van der Waals surface area contributed by atoms with Crippen LogP contribution in [-0.4, -0.2) is 24.8 Å². The second-order valence-electron chi connectivity index (χ2n) is 3.83. The van der Waals surface area contributed by atoms with Gasteiger partial charge in [-0.15, -0.1) is 0 Å². The van der Waals surface area contributed by atoms with Gasteiger partial charge in [0, 0.05) is 11.6 Å². The number of rotatable bonds is 6. The van der Waals surface area contributed by atoms with Crippen molar-refractivity contribution in [3.8, 4) is 11.5 Å². The van der Waals surface area contributed by atoms with Gasteiger partial charge in [-0.2, -0.15) is 0 Å². The van der Waals surface area contributed by atoms with Crippen molar-refractivity contribution in [3.05, 3.63) is 40.9 Å². The maximum absolute atomic E-state index is 10.4. The summed E-state index contributed by atoms with van der Waals surface area (Å²) in [7, 11) is 1.52. The number of aliphatic carboxylic acids is 1. The Morgan fingerprint density at radius 3 is 2.74 bits per heavy atom. The lowest BCUT2D eigenvalue weighted by Crippen LogP contribution is -2.00. The molecule has 0 saturated carbocycles. The average Bonchev–Trinajstić information content (AvgIpc) is 2.42. The molecule has 1 aromatic rings. The lowest BCUT2D eigenvalue weighted by atomic mass is 10.2. The van der Waals surface area contributed by atoms with E-state index in [1.165, 1.54) is 18.7 Å². The van der Waals surface area contributed by atoms with Gasteiger partial charge in [0.2, 0.25) is 0 Å². The van der Waals surface area contributed by atoms with E-state index in [0.29, 0.717) is 18.1 Å². The van der Waals surface area contributed by atoms with Crippen molar-refractivity contribution in [2.24, 2.45) is 0 Å². The topological polar surface area (TPSA) is 55.8 Å². The number of hydrogen-bond donors (Lipinski definition) is 1. The molecule has 19 heavy (non-hydrogen) atoms. The minimum Gasteiger partial charge on any atom is -0.493 e. The monoisotopic (exact) mass is 282 g/mol. The van der Waals surface area contributed by atoms with Gasteiger partial charge in [-0.1, -0.05) is 17.7 Å². The SMILES string of the molecule is COc1cc(/C=C/C(=O)O)ccc1OC/C(C)=C/Cl. The molecule has 0 unspecified atom stereocenters. The van der Waals surface area contributed by atoms with Gasteiger partial charge in [0.05, 0.1) is 7.11 Å². The Morgan fingerprint density at radius 1 is 1.42 bits per heavy atom. The fraction of sp³-hybridized carbons (Fsp3) is 0.214. The standard InChI is InChI=1S/C14H15ClO4/c1-10(8-15)9-19-12-5-3-11(4-6-14(16)17)7-13(12)18-2/h3-8H,9H2,1-2H3,(H,16,17)/b6-4+,10-8+. The molecular weight excluding hydrogens is 268 g/mol. The van der Waals surface area contributed by atoms with E-state index >= 15 is 0 Å². The maximum atomic E-state index is 10.4. The lowest BCUT2D eigenvalue weighted by molar-refractivity contribution is -0.131. The van der Waals surface area contributed by atoms with Crippen molar-refractivity contribution in [3.63, 3.8) is 0 Å².